The fourth-order valence-corrected chi connectivity index (χ4v) is 3.46. The number of amides is 1. The van der Waals surface area contributed by atoms with Crippen LogP contribution in [0, 0.1) is 5.41 Å². The summed E-state index contributed by atoms with van der Waals surface area (Å²) >= 11 is 0. The zero-order valence-electron chi connectivity index (χ0n) is 14.6. The first-order valence-electron chi connectivity index (χ1n) is 8.10. The maximum Gasteiger partial charge on any atom is 0.403 e. The number of carbonyl (C=O) groups excluding carboxylic acids is 1. The maximum absolute atomic E-state index is 12.9. The molecule has 2 rings (SSSR count). The lowest BCUT2D eigenvalue weighted by Crippen LogP contribution is -2.59. The van der Waals surface area contributed by atoms with Crippen molar-refractivity contribution < 1.29 is 22.7 Å². The lowest BCUT2D eigenvalue weighted by atomic mass is 9.78. The molecule has 0 aromatic carbocycles. The van der Waals surface area contributed by atoms with Gasteiger partial charge in [-0.1, -0.05) is 0 Å². The molecule has 1 atom stereocenters. The summed E-state index contributed by atoms with van der Waals surface area (Å²) in [6, 6.07) is -1.47. The number of nitrogens with zero attached hydrogens (tertiary/aromatic N) is 2. The number of halogens is 5. The second-order valence-corrected chi connectivity index (χ2v) is 6.51. The largest absolute Gasteiger partial charge is 0.403 e. The number of hydrogen-bond acceptors (Lipinski definition) is 4. The van der Waals surface area contributed by atoms with E-state index in [-0.39, 0.29) is 43.8 Å². The van der Waals surface area contributed by atoms with Crippen LogP contribution in [0.15, 0.2) is 0 Å². The standard InChI is InChI=1S/C15H26F3N3O2.2ClH/c1-12(15(16,17)18)20-7-9-21(10-8-20)13(22)14(11-23-2)3-5-19-6-4-14;;/h12,19H,3-11H2,1-2H3;2*1H. The van der Waals surface area contributed by atoms with Crippen molar-refractivity contribution in [2.24, 2.45) is 5.41 Å². The van der Waals surface area contributed by atoms with Crippen molar-refractivity contribution in [3.05, 3.63) is 0 Å². The topological polar surface area (TPSA) is 44.8 Å². The molecule has 25 heavy (non-hydrogen) atoms. The lowest BCUT2D eigenvalue weighted by molar-refractivity contribution is -0.184. The van der Waals surface area contributed by atoms with Crippen molar-refractivity contribution in [2.45, 2.75) is 32.0 Å². The molecule has 0 saturated carbocycles. The zero-order valence-corrected chi connectivity index (χ0v) is 16.2. The van der Waals surface area contributed by atoms with Crippen molar-refractivity contribution in [3.63, 3.8) is 0 Å². The summed E-state index contributed by atoms with van der Waals surface area (Å²) < 4.78 is 43.7. The third-order valence-corrected chi connectivity index (χ3v) is 5.06. The molecule has 0 bridgehead atoms. The summed E-state index contributed by atoms with van der Waals surface area (Å²) in [6.07, 6.45) is -2.81. The average molecular weight is 410 g/mol. The summed E-state index contributed by atoms with van der Waals surface area (Å²) in [5.74, 6) is 0.0279. The molecular weight excluding hydrogens is 382 g/mol. The van der Waals surface area contributed by atoms with Gasteiger partial charge in [-0.15, -0.1) is 24.8 Å². The number of nitrogens with one attached hydrogen (secondary N) is 1. The van der Waals surface area contributed by atoms with Crippen LogP contribution in [-0.2, 0) is 9.53 Å². The number of carbonyl (C=O) groups is 1. The molecule has 1 N–H and O–H groups in total. The number of alkyl halides is 3. The van der Waals surface area contributed by atoms with Gasteiger partial charge in [0, 0.05) is 33.3 Å². The minimum absolute atomic E-state index is 0. The van der Waals surface area contributed by atoms with Crippen LogP contribution < -0.4 is 5.32 Å². The molecule has 0 aromatic heterocycles. The number of piperidine rings is 1. The average Bonchev–Trinajstić information content (AvgIpc) is 2.54. The van der Waals surface area contributed by atoms with Gasteiger partial charge in [-0.2, -0.15) is 13.2 Å². The first-order valence-corrected chi connectivity index (χ1v) is 8.10. The van der Waals surface area contributed by atoms with E-state index in [1.165, 1.54) is 11.8 Å². The normalized spacial score (nSPS) is 22.5. The Morgan fingerprint density at radius 2 is 1.68 bits per heavy atom. The lowest BCUT2D eigenvalue weighted by Gasteiger charge is -2.44. The summed E-state index contributed by atoms with van der Waals surface area (Å²) in [5, 5.41) is 3.23. The molecule has 2 heterocycles. The van der Waals surface area contributed by atoms with E-state index in [1.807, 2.05) is 0 Å². The van der Waals surface area contributed by atoms with E-state index in [9.17, 15) is 18.0 Å². The molecule has 2 fully saturated rings. The Bertz CT molecular complexity index is 408. The van der Waals surface area contributed by atoms with Crippen LogP contribution in [0.4, 0.5) is 13.2 Å². The highest BCUT2D eigenvalue weighted by Gasteiger charge is 2.45. The monoisotopic (exact) mass is 409 g/mol. The van der Waals surface area contributed by atoms with E-state index < -0.39 is 17.6 Å². The number of rotatable bonds is 4. The number of ether oxygens (including phenoxy) is 1. The van der Waals surface area contributed by atoms with Crippen molar-refractivity contribution >= 4 is 30.7 Å². The van der Waals surface area contributed by atoms with Gasteiger partial charge in [-0.3, -0.25) is 9.69 Å². The van der Waals surface area contributed by atoms with Crippen LogP contribution in [0.2, 0.25) is 0 Å². The number of hydrogen-bond donors (Lipinski definition) is 1. The van der Waals surface area contributed by atoms with Crippen LogP contribution in [0.3, 0.4) is 0 Å². The Kier molecular flexibility index (Phi) is 10.0. The highest BCUT2D eigenvalue weighted by Crippen LogP contribution is 2.32. The van der Waals surface area contributed by atoms with Crippen molar-refractivity contribution in [2.75, 3.05) is 53.0 Å². The van der Waals surface area contributed by atoms with Gasteiger partial charge in [0.05, 0.1) is 12.0 Å². The Morgan fingerprint density at radius 1 is 1.16 bits per heavy atom. The summed E-state index contributed by atoms with van der Waals surface area (Å²) in [5.41, 5.74) is -0.530. The fourth-order valence-electron chi connectivity index (χ4n) is 3.46. The number of piperazine rings is 1. The quantitative estimate of drug-likeness (QED) is 0.770. The molecule has 0 aromatic rings. The van der Waals surface area contributed by atoms with Gasteiger partial charge < -0.3 is 15.0 Å². The summed E-state index contributed by atoms with van der Waals surface area (Å²) in [4.78, 5) is 16.0. The molecule has 10 heteroatoms. The predicted molar refractivity (Wildman–Crippen MR) is 94.6 cm³/mol. The molecule has 5 nitrogen and oxygen atoms in total. The van der Waals surface area contributed by atoms with Gasteiger partial charge >= 0.3 is 6.18 Å². The minimum Gasteiger partial charge on any atom is -0.384 e. The molecule has 2 saturated heterocycles. The van der Waals surface area contributed by atoms with Crippen LogP contribution >= 0.6 is 24.8 Å². The Balaban J connectivity index is 0.00000288. The van der Waals surface area contributed by atoms with Gasteiger partial charge in [0.1, 0.15) is 6.04 Å². The van der Waals surface area contributed by atoms with Gasteiger partial charge in [0.15, 0.2) is 0 Å². The molecular formula is C15H28Cl2F3N3O2. The van der Waals surface area contributed by atoms with Gasteiger partial charge in [-0.25, -0.2) is 0 Å². The SMILES string of the molecule is COCC1(C(=O)N2CCN(C(C)C(F)(F)F)CC2)CCNCC1.Cl.Cl. The summed E-state index contributed by atoms with van der Waals surface area (Å²) in [6.45, 7) is 4.28. The van der Waals surface area contributed by atoms with Crippen LogP contribution in [0.5, 0.6) is 0 Å². The van der Waals surface area contributed by atoms with Crippen molar-refractivity contribution in [3.8, 4) is 0 Å². The first-order chi connectivity index (χ1) is 10.8. The Labute approximate surface area is 159 Å². The van der Waals surface area contributed by atoms with Crippen LogP contribution in [0.1, 0.15) is 19.8 Å². The molecule has 0 aliphatic carbocycles. The van der Waals surface area contributed by atoms with E-state index in [0.717, 1.165) is 13.1 Å². The van der Waals surface area contributed by atoms with E-state index in [2.05, 4.69) is 5.32 Å². The second kappa shape index (κ2) is 10.2. The van der Waals surface area contributed by atoms with Gasteiger partial charge in [-0.05, 0) is 32.9 Å². The number of methoxy groups -OCH3 is 1. The maximum atomic E-state index is 12.9. The third kappa shape index (κ3) is 5.85. The predicted octanol–water partition coefficient (Wildman–Crippen LogP) is 1.94. The second-order valence-electron chi connectivity index (χ2n) is 6.51. The molecule has 0 spiro atoms. The first kappa shape index (κ1) is 24.7. The molecule has 150 valence electrons. The molecule has 1 amide bonds. The zero-order chi connectivity index (χ0) is 17.1. The Hall–Kier alpha value is -0.280. The highest BCUT2D eigenvalue weighted by molar-refractivity contribution is 5.85. The molecule has 2 aliphatic rings. The fraction of sp³-hybridized carbons (Fsp3) is 0.933. The molecule has 2 aliphatic heterocycles. The van der Waals surface area contributed by atoms with Crippen LogP contribution in [-0.4, -0.2) is 80.9 Å². The van der Waals surface area contributed by atoms with E-state index in [0.29, 0.717) is 32.5 Å². The van der Waals surface area contributed by atoms with Crippen LogP contribution in [0.25, 0.3) is 0 Å². The van der Waals surface area contributed by atoms with Crippen molar-refractivity contribution in [1.29, 1.82) is 0 Å². The van der Waals surface area contributed by atoms with E-state index in [4.69, 9.17) is 4.74 Å². The minimum atomic E-state index is -4.22. The molecule has 0 radical (unpaired) electrons. The summed E-state index contributed by atoms with van der Waals surface area (Å²) in [7, 11) is 1.58. The Morgan fingerprint density at radius 3 is 2.12 bits per heavy atom. The van der Waals surface area contributed by atoms with Gasteiger partial charge in [0.2, 0.25) is 5.91 Å². The smallest absolute Gasteiger partial charge is 0.384 e. The highest BCUT2D eigenvalue weighted by atomic mass is 35.5. The molecule has 1 unspecified atom stereocenters. The van der Waals surface area contributed by atoms with E-state index >= 15 is 0 Å². The van der Waals surface area contributed by atoms with Crippen molar-refractivity contribution in [1.82, 2.24) is 15.1 Å². The van der Waals surface area contributed by atoms with Gasteiger partial charge in [0.25, 0.3) is 0 Å². The van der Waals surface area contributed by atoms with E-state index in [1.54, 1.807) is 12.0 Å². The third-order valence-electron chi connectivity index (χ3n) is 5.06.